The first-order valence-corrected chi connectivity index (χ1v) is 4.96. The van der Waals surface area contributed by atoms with Gasteiger partial charge in [0.2, 0.25) is 0 Å². The van der Waals surface area contributed by atoms with Crippen molar-refractivity contribution in [3.63, 3.8) is 0 Å². The summed E-state index contributed by atoms with van der Waals surface area (Å²) in [5, 5.41) is 0. The number of hydrogen-bond donors (Lipinski definition) is 0. The van der Waals surface area contributed by atoms with Crippen molar-refractivity contribution >= 4 is 30.3 Å². The molecular formula is HCl3FeLi. The Kier molecular flexibility index (Phi) is 12.1. The molecule has 0 nitrogen and oxygen atoms in total. The van der Waals surface area contributed by atoms with Gasteiger partial charge >= 0.3 is 60.3 Å². The smallest absolute Gasteiger partial charge is 1.00 e. The van der Waals surface area contributed by atoms with Crippen molar-refractivity contribution in [1.82, 2.24) is 0 Å². The van der Waals surface area contributed by atoms with Gasteiger partial charge in [0.15, 0.2) is 0 Å². The third-order valence-electron chi connectivity index (χ3n) is 0. The summed E-state index contributed by atoms with van der Waals surface area (Å²) in [7, 11) is 14.7. The Morgan fingerprint density at radius 1 is 1.20 bits per heavy atom. The van der Waals surface area contributed by atoms with E-state index in [1.54, 1.807) is 0 Å². The van der Waals surface area contributed by atoms with E-state index in [2.05, 4.69) is 0 Å². The first kappa shape index (κ1) is 10.1. The predicted octanol–water partition coefficient (Wildman–Crippen LogP) is -0.818. The second-order valence-electron chi connectivity index (χ2n) is 0.152. The minimum atomic E-state index is -1.33. The predicted molar refractivity (Wildman–Crippen MR) is 18.7 cm³/mol. The van der Waals surface area contributed by atoms with E-state index in [4.69, 9.17) is 30.3 Å². The zero-order chi connectivity index (χ0) is 3.58. The second-order valence-corrected chi connectivity index (χ2v) is 5.62. The van der Waals surface area contributed by atoms with Gasteiger partial charge in [-0.25, -0.2) is 0 Å². The van der Waals surface area contributed by atoms with Gasteiger partial charge in [0.05, 0.1) is 0 Å². The molecule has 0 N–H and O–H groups in total. The second kappa shape index (κ2) is 5.99. The van der Waals surface area contributed by atoms with Crippen molar-refractivity contribution in [3.8, 4) is 0 Å². The molecule has 0 aliphatic carbocycles. The molecule has 5 heavy (non-hydrogen) atoms. The fourth-order valence-electron chi connectivity index (χ4n) is 0. The quantitative estimate of drug-likeness (QED) is 0.417. The molecule has 0 aromatic carbocycles. The Morgan fingerprint density at radius 2 is 1.20 bits per heavy atom. The van der Waals surface area contributed by atoms with Crippen LogP contribution in [0.25, 0.3) is 0 Å². The molecule has 0 saturated heterocycles. The van der Waals surface area contributed by atoms with Crippen LogP contribution in [0.2, 0.25) is 0 Å². The standard InChI is InChI=1S/3ClH.Fe.Li.H/h3*1H;;;/q;;;+3;+1;-1/p-3. The maximum Gasteiger partial charge on any atom is 1.00 e. The zero-order valence-corrected chi connectivity index (χ0v) is 5.86. The van der Waals surface area contributed by atoms with Crippen LogP contribution in [0.15, 0.2) is 0 Å². The SMILES string of the molecule is [Cl][Fe]([Cl])[Cl].[H-].[Li+]. The molecule has 0 rings (SSSR count). The van der Waals surface area contributed by atoms with Crippen LogP contribution in [0.3, 0.4) is 0 Å². The summed E-state index contributed by atoms with van der Waals surface area (Å²) >= 11 is -1.33. The average molecular weight is 170 g/mol. The van der Waals surface area contributed by atoms with Crippen molar-refractivity contribution in [2.75, 3.05) is 0 Å². The van der Waals surface area contributed by atoms with E-state index in [0.29, 0.717) is 0 Å². The van der Waals surface area contributed by atoms with Gasteiger partial charge in [-0.1, -0.05) is 0 Å². The van der Waals surface area contributed by atoms with Crippen molar-refractivity contribution in [1.29, 1.82) is 0 Å². The van der Waals surface area contributed by atoms with Gasteiger partial charge < -0.3 is 1.43 Å². The fourth-order valence-corrected chi connectivity index (χ4v) is 0. The Bertz CT molecular complexity index is 15.5. The van der Waals surface area contributed by atoms with Gasteiger partial charge in [-0.05, 0) is 0 Å². The monoisotopic (exact) mass is 169 g/mol. The van der Waals surface area contributed by atoms with Crippen molar-refractivity contribution < 1.29 is 31.5 Å². The molecule has 0 aromatic heterocycles. The Morgan fingerprint density at radius 3 is 1.20 bits per heavy atom. The van der Waals surface area contributed by atoms with Gasteiger partial charge in [0, 0.05) is 0 Å². The van der Waals surface area contributed by atoms with Crippen LogP contribution in [0.5, 0.6) is 0 Å². The maximum atomic E-state index is 4.89. The third-order valence-corrected chi connectivity index (χ3v) is 0. The van der Waals surface area contributed by atoms with Crippen molar-refractivity contribution in [2.45, 2.75) is 0 Å². The van der Waals surface area contributed by atoms with Crippen molar-refractivity contribution in [2.24, 2.45) is 0 Å². The molecule has 0 radical (unpaired) electrons. The van der Waals surface area contributed by atoms with Gasteiger partial charge in [-0.2, -0.15) is 0 Å². The van der Waals surface area contributed by atoms with E-state index < -0.39 is 11.2 Å². The normalized spacial score (nSPS) is 9.00. The van der Waals surface area contributed by atoms with Crippen LogP contribution >= 0.6 is 30.3 Å². The summed E-state index contributed by atoms with van der Waals surface area (Å²) < 4.78 is 0. The zero-order valence-electron chi connectivity index (χ0n) is 3.49. The fraction of sp³-hybridized carbons (Fsp3) is 0. The van der Waals surface area contributed by atoms with E-state index in [-0.39, 0.29) is 20.3 Å². The Balaban J connectivity index is -0.0000000450. The van der Waals surface area contributed by atoms with Crippen LogP contribution in [-0.4, -0.2) is 0 Å². The van der Waals surface area contributed by atoms with Gasteiger partial charge in [-0.3, -0.25) is 0 Å². The van der Waals surface area contributed by atoms with Crippen LogP contribution in [0, 0.1) is 0 Å². The van der Waals surface area contributed by atoms with Crippen LogP contribution in [0.4, 0.5) is 0 Å². The van der Waals surface area contributed by atoms with Gasteiger partial charge in [-0.15, -0.1) is 0 Å². The summed E-state index contributed by atoms with van der Waals surface area (Å²) in [6, 6.07) is 0. The van der Waals surface area contributed by atoms with E-state index in [0.717, 1.165) is 0 Å². The van der Waals surface area contributed by atoms with Crippen LogP contribution in [0.1, 0.15) is 1.43 Å². The number of halogens is 3. The molecule has 0 heterocycles. The summed E-state index contributed by atoms with van der Waals surface area (Å²) in [5.74, 6) is 0. The molecule has 5 heteroatoms. The van der Waals surface area contributed by atoms with E-state index in [9.17, 15) is 0 Å². The molecular weight excluding hydrogens is 169 g/mol. The first-order valence-electron chi connectivity index (χ1n) is 0.401. The molecule has 0 bridgehead atoms. The molecule has 31 valence electrons. The molecule has 0 unspecified atom stereocenters. The number of hydrogen-bond acceptors (Lipinski definition) is 0. The van der Waals surface area contributed by atoms with Gasteiger partial charge in [0.1, 0.15) is 0 Å². The van der Waals surface area contributed by atoms with Gasteiger partial charge in [0.25, 0.3) is 0 Å². The summed E-state index contributed by atoms with van der Waals surface area (Å²) in [4.78, 5) is 0. The van der Waals surface area contributed by atoms with Crippen LogP contribution < -0.4 is 18.9 Å². The molecule has 0 aromatic rings. The van der Waals surface area contributed by atoms with E-state index in [1.165, 1.54) is 0 Å². The molecule has 0 amide bonds. The molecule has 0 fully saturated rings. The maximum absolute atomic E-state index is 4.89. The summed E-state index contributed by atoms with van der Waals surface area (Å²) in [6.07, 6.45) is 0. The minimum Gasteiger partial charge on any atom is -1.00 e. The first-order chi connectivity index (χ1) is 1.73. The Hall–Kier alpha value is 1.99. The summed E-state index contributed by atoms with van der Waals surface area (Å²) in [6.45, 7) is 0. The van der Waals surface area contributed by atoms with E-state index in [1.807, 2.05) is 0 Å². The molecule has 0 aliphatic rings. The third kappa shape index (κ3) is 24.1. The Labute approximate surface area is 61.4 Å². The van der Waals surface area contributed by atoms with E-state index >= 15 is 0 Å². The van der Waals surface area contributed by atoms with Crippen LogP contribution in [-0.2, 0) is 11.2 Å². The molecule has 0 saturated carbocycles. The largest absolute Gasteiger partial charge is 1.00 e. The molecule has 0 aliphatic heterocycles. The molecule has 0 atom stereocenters. The molecule has 0 spiro atoms. The minimum absolute atomic E-state index is 0. The topological polar surface area (TPSA) is 0 Å². The van der Waals surface area contributed by atoms with Crippen molar-refractivity contribution in [3.05, 3.63) is 0 Å². The summed E-state index contributed by atoms with van der Waals surface area (Å²) in [5.41, 5.74) is 0. The number of rotatable bonds is 0. The average Bonchev–Trinajstić information content (AvgIpc) is 0.811.